The third-order valence-corrected chi connectivity index (χ3v) is 3.46. The average molecular weight is 263 g/mol. The van der Waals surface area contributed by atoms with E-state index in [0.717, 1.165) is 12.8 Å². The molecule has 1 atom stereocenters. The zero-order valence-electron chi connectivity index (χ0n) is 11.1. The Kier molecular flexibility index (Phi) is 4.32. The molecular formula is C15H18FNO2. The molecule has 0 radical (unpaired) electrons. The second-order valence-corrected chi connectivity index (χ2v) is 4.69. The molecule has 0 aromatic heterocycles. The summed E-state index contributed by atoms with van der Waals surface area (Å²) in [5.41, 5.74) is 0.789. The highest BCUT2D eigenvalue weighted by atomic mass is 19.1. The second-order valence-electron chi connectivity index (χ2n) is 4.69. The van der Waals surface area contributed by atoms with Crippen LogP contribution < -0.4 is 0 Å². The van der Waals surface area contributed by atoms with Crippen LogP contribution in [0.15, 0.2) is 24.8 Å². The molecule has 1 amide bonds. The first-order valence-corrected chi connectivity index (χ1v) is 6.39. The van der Waals surface area contributed by atoms with Crippen LogP contribution in [0, 0.1) is 5.82 Å². The zero-order valence-corrected chi connectivity index (χ0v) is 11.1. The van der Waals surface area contributed by atoms with Gasteiger partial charge in [-0.05, 0) is 25.0 Å². The minimum absolute atomic E-state index is 0.0969. The molecule has 0 N–H and O–H groups in total. The van der Waals surface area contributed by atoms with Gasteiger partial charge in [-0.25, -0.2) is 4.39 Å². The fraction of sp³-hybridized carbons (Fsp3) is 0.400. The van der Waals surface area contributed by atoms with Crippen molar-refractivity contribution in [3.05, 3.63) is 41.7 Å². The number of rotatable bonds is 4. The van der Waals surface area contributed by atoms with E-state index in [9.17, 15) is 9.18 Å². The standard InChI is InChI=1S/C15H18FNO2/c1-3-11-6-7-12(9-14(11)16)15(18)17-8-4-5-13(17)10-19-2/h3,6-7,9,13H,1,4-5,8,10H2,2H3. The maximum Gasteiger partial charge on any atom is 0.254 e. The van der Waals surface area contributed by atoms with Gasteiger partial charge in [0, 0.05) is 24.8 Å². The highest BCUT2D eigenvalue weighted by Gasteiger charge is 2.29. The fourth-order valence-corrected chi connectivity index (χ4v) is 2.46. The Bertz CT molecular complexity index is 487. The molecule has 102 valence electrons. The molecule has 1 aromatic carbocycles. The van der Waals surface area contributed by atoms with Gasteiger partial charge in [0.2, 0.25) is 0 Å². The van der Waals surface area contributed by atoms with Crippen molar-refractivity contribution in [3.8, 4) is 0 Å². The molecule has 1 heterocycles. The molecule has 1 fully saturated rings. The number of likely N-dealkylation sites (tertiary alicyclic amines) is 1. The summed E-state index contributed by atoms with van der Waals surface area (Å²) in [6, 6.07) is 4.60. The lowest BCUT2D eigenvalue weighted by Gasteiger charge is -2.24. The summed E-state index contributed by atoms with van der Waals surface area (Å²) >= 11 is 0. The van der Waals surface area contributed by atoms with Crippen LogP contribution in [0.2, 0.25) is 0 Å². The third-order valence-electron chi connectivity index (χ3n) is 3.46. The van der Waals surface area contributed by atoms with E-state index in [1.54, 1.807) is 24.1 Å². The quantitative estimate of drug-likeness (QED) is 0.836. The fourth-order valence-electron chi connectivity index (χ4n) is 2.46. The van der Waals surface area contributed by atoms with Gasteiger partial charge in [0.25, 0.3) is 5.91 Å². The van der Waals surface area contributed by atoms with Crippen LogP contribution >= 0.6 is 0 Å². The van der Waals surface area contributed by atoms with Crippen molar-refractivity contribution < 1.29 is 13.9 Å². The number of ether oxygens (including phenoxy) is 1. The number of nitrogens with zero attached hydrogens (tertiary/aromatic N) is 1. The lowest BCUT2D eigenvalue weighted by atomic mass is 10.1. The zero-order chi connectivity index (χ0) is 13.8. The van der Waals surface area contributed by atoms with Crippen LogP contribution in [0.5, 0.6) is 0 Å². The summed E-state index contributed by atoms with van der Waals surface area (Å²) in [5.74, 6) is -0.544. The number of hydrogen-bond acceptors (Lipinski definition) is 2. The summed E-state index contributed by atoms with van der Waals surface area (Å²) in [7, 11) is 1.62. The van der Waals surface area contributed by atoms with Gasteiger partial charge < -0.3 is 9.64 Å². The molecule has 0 aliphatic carbocycles. The molecule has 0 spiro atoms. The summed E-state index contributed by atoms with van der Waals surface area (Å²) in [6.07, 6.45) is 3.34. The molecule has 2 rings (SSSR count). The van der Waals surface area contributed by atoms with E-state index >= 15 is 0 Å². The molecular weight excluding hydrogens is 245 g/mol. The number of amides is 1. The van der Waals surface area contributed by atoms with Gasteiger partial charge in [-0.2, -0.15) is 0 Å². The molecule has 1 aromatic rings. The van der Waals surface area contributed by atoms with E-state index in [1.165, 1.54) is 12.1 Å². The van der Waals surface area contributed by atoms with Crippen molar-refractivity contribution in [3.63, 3.8) is 0 Å². The maximum atomic E-state index is 13.7. The summed E-state index contributed by atoms with van der Waals surface area (Å²) in [6.45, 7) is 4.76. The maximum absolute atomic E-state index is 13.7. The van der Waals surface area contributed by atoms with E-state index in [1.807, 2.05) is 0 Å². The Balaban J connectivity index is 2.19. The van der Waals surface area contributed by atoms with Crippen molar-refractivity contribution in [1.82, 2.24) is 4.90 Å². The SMILES string of the molecule is C=Cc1ccc(C(=O)N2CCCC2COC)cc1F. The first-order chi connectivity index (χ1) is 9.17. The van der Waals surface area contributed by atoms with Gasteiger partial charge in [-0.3, -0.25) is 4.79 Å². The lowest BCUT2D eigenvalue weighted by molar-refractivity contribution is 0.0630. The number of carbonyl (C=O) groups excluding carboxylic acids is 1. The van der Waals surface area contributed by atoms with E-state index in [4.69, 9.17) is 4.74 Å². The smallest absolute Gasteiger partial charge is 0.254 e. The Morgan fingerprint density at radius 3 is 3.05 bits per heavy atom. The van der Waals surface area contributed by atoms with Gasteiger partial charge in [0.05, 0.1) is 12.6 Å². The van der Waals surface area contributed by atoms with Gasteiger partial charge in [-0.15, -0.1) is 0 Å². The molecule has 1 aliphatic rings. The molecule has 1 aliphatic heterocycles. The van der Waals surface area contributed by atoms with Crippen LogP contribution in [0.4, 0.5) is 4.39 Å². The van der Waals surface area contributed by atoms with Crippen molar-refractivity contribution >= 4 is 12.0 Å². The number of benzene rings is 1. The number of methoxy groups -OCH3 is 1. The van der Waals surface area contributed by atoms with E-state index in [0.29, 0.717) is 24.3 Å². The molecule has 3 nitrogen and oxygen atoms in total. The minimum atomic E-state index is -0.414. The molecule has 1 unspecified atom stereocenters. The van der Waals surface area contributed by atoms with Gasteiger partial charge in [-0.1, -0.05) is 18.7 Å². The van der Waals surface area contributed by atoms with Crippen LogP contribution in [-0.4, -0.2) is 37.1 Å². The normalized spacial score (nSPS) is 18.6. The highest BCUT2D eigenvalue weighted by Crippen LogP contribution is 2.21. The highest BCUT2D eigenvalue weighted by molar-refractivity contribution is 5.94. The largest absolute Gasteiger partial charge is 0.383 e. The Hall–Kier alpha value is -1.68. The van der Waals surface area contributed by atoms with E-state index in [-0.39, 0.29) is 11.9 Å². The van der Waals surface area contributed by atoms with Crippen molar-refractivity contribution in [2.75, 3.05) is 20.3 Å². The number of halogens is 1. The predicted molar refractivity (Wildman–Crippen MR) is 72.4 cm³/mol. The lowest BCUT2D eigenvalue weighted by Crippen LogP contribution is -2.38. The summed E-state index contributed by atoms with van der Waals surface area (Å²) in [5, 5.41) is 0. The van der Waals surface area contributed by atoms with E-state index < -0.39 is 5.82 Å². The molecule has 4 heteroatoms. The van der Waals surface area contributed by atoms with Crippen molar-refractivity contribution in [1.29, 1.82) is 0 Å². The van der Waals surface area contributed by atoms with E-state index in [2.05, 4.69) is 6.58 Å². The number of carbonyl (C=O) groups is 1. The molecule has 0 bridgehead atoms. The molecule has 0 saturated carbocycles. The van der Waals surface area contributed by atoms with Crippen molar-refractivity contribution in [2.45, 2.75) is 18.9 Å². The van der Waals surface area contributed by atoms with Gasteiger partial charge in [0.15, 0.2) is 0 Å². The molecule has 19 heavy (non-hydrogen) atoms. The van der Waals surface area contributed by atoms with Crippen LogP contribution in [-0.2, 0) is 4.74 Å². The Morgan fingerprint density at radius 2 is 2.42 bits per heavy atom. The second kappa shape index (κ2) is 5.97. The topological polar surface area (TPSA) is 29.5 Å². The average Bonchev–Trinajstić information content (AvgIpc) is 2.86. The van der Waals surface area contributed by atoms with Crippen LogP contribution in [0.25, 0.3) is 6.08 Å². The predicted octanol–water partition coefficient (Wildman–Crippen LogP) is 2.72. The third kappa shape index (κ3) is 2.84. The van der Waals surface area contributed by atoms with Gasteiger partial charge >= 0.3 is 0 Å². The van der Waals surface area contributed by atoms with Crippen LogP contribution in [0.3, 0.4) is 0 Å². The van der Waals surface area contributed by atoms with Crippen LogP contribution in [0.1, 0.15) is 28.8 Å². The first kappa shape index (κ1) is 13.7. The van der Waals surface area contributed by atoms with Gasteiger partial charge in [0.1, 0.15) is 5.82 Å². The summed E-state index contributed by atoms with van der Waals surface area (Å²) < 4.78 is 18.8. The summed E-state index contributed by atoms with van der Waals surface area (Å²) in [4.78, 5) is 14.1. The molecule has 1 saturated heterocycles. The monoisotopic (exact) mass is 263 g/mol. The Labute approximate surface area is 112 Å². The van der Waals surface area contributed by atoms with Crippen molar-refractivity contribution in [2.24, 2.45) is 0 Å². The first-order valence-electron chi connectivity index (χ1n) is 6.39. The minimum Gasteiger partial charge on any atom is -0.383 e. The Morgan fingerprint density at radius 1 is 1.63 bits per heavy atom. The number of hydrogen-bond donors (Lipinski definition) is 0.